The number of amides is 1. The summed E-state index contributed by atoms with van der Waals surface area (Å²) in [6.45, 7) is 0.522. The molecule has 5 nitrogen and oxygen atoms in total. The molecule has 0 unspecified atom stereocenters. The highest BCUT2D eigenvalue weighted by molar-refractivity contribution is 7.99. The number of nitrogens with one attached hydrogen (secondary N) is 1. The first-order valence-electron chi connectivity index (χ1n) is 9.60. The predicted octanol–water partition coefficient (Wildman–Crippen LogP) is 5.77. The maximum Gasteiger partial charge on any atom is 0.250 e. The van der Waals surface area contributed by atoms with Crippen LogP contribution in [0.5, 0.6) is 0 Å². The fraction of sp³-hybridized carbons (Fsp3) is 0.0870. The smallest absolute Gasteiger partial charge is 0.250 e. The molecule has 4 aromatic rings. The molecule has 0 saturated heterocycles. The van der Waals surface area contributed by atoms with E-state index in [0.717, 1.165) is 16.6 Å². The number of nitrogens with zero attached hydrogens (tertiary/aromatic N) is 3. The molecular weight excluding hydrogens is 470 g/mol. The Hall–Kier alpha value is -2.87. The maximum atomic E-state index is 13.8. The van der Waals surface area contributed by atoms with Crippen LogP contribution < -0.4 is 5.43 Å². The van der Waals surface area contributed by atoms with Crippen molar-refractivity contribution in [2.45, 2.75) is 11.7 Å². The lowest BCUT2D eigenvalue weighted by molar-refractivity contribution is -0.118. The molecule has 0 bridgehead atoms. The number of halogens is 3. The van der Waals surface area contributed by atoms with Gasteiger partial charge in [0, 0.05) is 10.6 Å². The number of rotatable bonds is 7. The number of imidazole rings is 1. The average molecular weight is 487 g/mol. The Balaban J connectivity index is 1.47. The van der Waals surface area contributed by atoms with Crippen LogP contribution in [0.3, 0.4) is 0 Å². The van der Waals surface area contributed by atoms with Crippen LogP contribution in [0.4, 0.5) is 4.39 Å². The number of fused-ring (bicyclic) bond motifs is 1. The minimum atomic E-state index is -0.516. The maximum absolute atomic E-state index is 13.8. The van der Waals surface area contributed by atoms with Crippen molar-refractivity contribution in [3.63, 3.8) is 0 Å². The normalized spacial score (nSPS) is 11.3. The molecule has 0 aliphatic heterocycles. The molecule has 0 atom stereocenters. The van der Waals surface area contributed by atoms with E-state index >= 15 is 0 Å². The standard InChI is InChI=1S/C23H17Cl2FN4OS/c24-17-7-2-1-6-15(17)13-30-21-11-4-3-10-20(21)28-23(30)32-14-22(31)29-27-12-16-18(25)8-5-9-19(16)26/h1-12H,13-14H2,(H,29,31)/b27-12-. The van der Waals surface area contributed by atoms with E-state index in [0.29, 0.717) is 16.7 Å². The quantitative estimate of drug-likeness (QED) is 0.205. The summed E-state index contributed by atoms with van der Waals surface area (Å²) in [7, 11) is 0. The van der Waals surface area contributed by atoms with Crippen LogP contribution in [0, 0.1) is 5.82 Å². The van der Waals surface area contributed by atoms with Crippen LogP contribution in [0.25, 0.3) is 11.0 Å². The van der Waals surface area contributed by atoms with Gasteiger partial charge in [0.15, 0.2) is 5.16 Å². The van der Waals surface area contributed by atoms with Crippen molar-refractivity contribution in [1.82, 2.24) is 15.0 Å². The van der Waals surface area contributed by atoms with Crippen molar-refractivity contribution < 1.29 is 9.18 Å². The Morgan fingerprint density at radius 1 is 1.06 bits per heavy atom. The average Bonchev–Trinajstić information content (AvgIpc) is 3.13. The van der Waals surface area contributed by atoms with E-state index in [-0.39, 0.29) is 22.2 Å². The zero-order valence-corrected chi connectivity index (χ0v) is 19.0. The van der Waals surface area contributed by atoms with E-state index in [1.165, 1.54) is 30.1 Å². The molecule has 0 saturated carbocycles. The SMILES string of the molecule is O=C(CSc1nc2ccccc2n1Cc1ccccc1Cl)N/N=C\c1c(F)cccc1Cl. The number of carbonyl (C=O) groups is 1. The largest absolute Gasteiger partial charge is 0.314 e. The lowest BCUT2D eigenvalue weighted by atomic mass is 10.2. The van der Waals surface area contributed by atoms with E-state index in [1.54, 1.807) is 6.07 Å². The number of hydrogen-bond acceptors (Lipinski definition) is 4. The first kappa shape index (κ1) is 22.3. The van der Waals surface area contributed by atoms with Crippen LogP contribution in [0.15, 0.2) is 77.0 Å². The van der Waals surface area contributed by atoms with Gasteiger partial charge >= 0.3 is 0 Å². The van der Waals surface area contributed by atoms with Crippen molar-refractivity contribution in [2.24, 2.45) is 5.10 Å². The molecule has 1 amide bonds. The molecule has 32 heavy (non-hydrogen) atoms. The van der Waals surface area contributed by atoms with Gasteiger partial charge in [0.2, 0.25) is 0 Å². The van der Waals surface area contributed by atoms with Crippen LogP contribution in [0.1, 0.15) is 11.1 Å². The van der Waals surface area contributed by atoms with E-state index < -0.39 is 5.82 Å². The number of thioether (sulfide) groups is 1. The Morgan fingerprint density at radius 3 is 2.62 bits per heavy atom. The predicted molar refractivity (Wildman–Crippen MR) is 128 cm³/mol. The first-order valence-corrected chi connectivity index (χ1v) is 11.3. The van der Waals surface area contributed by atoms with E-state index in [9.17, 15) is 9.18 Å². The van der Waals surface area contributed by atoms with Gasteiger partial charge < -0.3 is 4.57 Å². The summed E-state index contributed by atoms with van der Waals surface area (Å²) in [6, 6.07) is 19.7. The lowest BCUT2D eigenvalue weighted by Gasteiger charge is -2.10. The van der Waals surface area contributed by atoms with E-state index in [1.807, 2.05) is 53.1 Å². The van der Waals surface area contributed by atoms with Gasteiger partial charge in [-0.1, -0.05) is 71.4 Å². The van der Waals surface area contributed by atoms with Gasteiger partial charge in [0.1, 0.15) is 5.82 Å². The Bertz CT molecular complexity index is 1290. The first-order chi connectivity index (χ1) is 15.5. The Kier molecular flexibility index (Phi) is 7.09. The number of hydrazone groups is 1. The van der Waals surface area contributed by atoms with E-state index in [4.69, 9.17) is 23.2 Å². The van der Waals surface area contributed by atoms with Crippen molar-refractivity contribution in [2.75, 3.05) is 5.75 Å². The molecule has 1 heterocycles. The molecule has 3 aromatic carbocycles. The topological polar surface area (TPSA) is 59.3 Å². The molecule has 0 radical (unpaired) electrons. The van der Waals surface area contributed by atoms with E-state index in [2.05, 4.69) is 15.5 Å². The van der Waals surface area contributed by atoms with Crippen LogP contribution >= 0.6 is 35.0 Å². The lowest BCUT2D eigenvalue weighted by Crippen LogP contribution is -2.20. The Morgan fingerprint density at radius 2 is 1.81 bits per heavy atom. The molecule has 1 aromatic heterocycles. The molecule has 1 N–H and O–H groups in total. The zero-order chi connectivity index (χ0) is 22.5. The molecule has 0 aliphatic rings. The molecular formula is C23H17Cl2FN4OS. The summed E-state index contributed by atoms with van der Waals surface area (Å²) in [5.41, 5.74) is 5.24. The second-order valence-electron chi connectivity index (χ2n) is 6.78. The summed E-state index contributed by atoms with van der Waals surface area (Å²) in [4.78, 5) is 16.9. The minimum absolute atomic E-state index is 0.0776. The van der Waals surface area contributed by atoms with Crippen molar-refractivity contribution in [3.05, 3.63) is 93.7 Å². The van der Waals surface area contributed by atoms with Crippen LogP contribution in [0.2, 0.25) is 10.0 Å². The fourth-order valence-corrected chi connectivity index (χ4v) is 4.29. The third-order valence-corrected chi connectivity index (χ3v) is 6.30. The van der Waals surface area contributed by atoms with Gasteiger partial charge in [-0.25, -0.2) is 14.8 Å². The van der Waals surface area contributed by atoms with Crippen LogP contribution in [-0.2, 0) is 11.3 Å². The number of benzene rings is 3. The van der Waals surface area contributed by atoms with Gasteiger partial charge in [-0.15, -0.1) is 0 Å². The van der Waals surface area contributed by atoms with Crippen molar-refractivity contribution >= 4 is 58.1 Å². The number of para-hydroxylation sites is 2. The highest BCUT2D eigenvalue weighted by Crippen LogP contribution is 2.27. The number of hydrogen-bond donors (Lipinski definition) is 1. The molecule has 162 valence electrons. The Labute approximate surface area is 198 Å². The molecule has 0 aliphatic carbocycles. The third kappa shape index (κ3) is 5.12. The van der Waals surface area contributed by atoms with Gasteiger partial charge in [-0.05, 0) is 35.9 Å². The number of carbonyl (C=O) groups excluding carboxylic acids is 1. The summed E-state index contributed by atoms with van der Waals surface area (Å²) in [5, 5.41) is 5.38. The van der Waals surface area contributed by atoms with Gasteiger partial charge in [-0.3, -0.25) is 4.79 Å². The van der Waals surface area contributed by atoms with Gasteiger partial charge in [0.25, 0.3) is 5.91 Å². The summed E-state index contributed by atoms with van der Waals surface area (Å²) in [5.74, 6) is -0.790. The summed E-state index contributed by atoms with van der Waals surface area (Å²) < 4.78 is 15.8. The highest BCUT2D eigenvalue weighted by Gasteiger charge is 2.14. The molecule has 9 heteroatoms. The fourth-order valence-electron chi connectivity index (χ4n) is 3.08. The zero-order valence-electron chi connectivity index (χ0n) is 16.6. The van der Waals surface area contributed by atoms with Crippen molar-refractivity contribution in [1.29, 1.82) is 0 Å². The third-order valence-electron chi connectivity index (χ3n) is 4.62. The van der Waals surface area contributed by atoms with Crippen molar-refractivity contribution in [3.8, 4) is 0 Å². The second-order valence-corrected chi connectivity index (χ2v) is 8.53. The minimum Gasteiger partial charge on any atom is -0.314 e. The monoisotopic (exact) mass is 486 g/mol. The highest BCUT2D eigenvalue weighted by atomic mass is 35.5. The second kappa shape index (κ2) is 10.2. The van der Waals surface area contributed by atoms with Gasteiger partial charge in [-0.2, -0.15) is 5.10 Å². The molecule has 0 fully saturated rings. The summed E-state index contributed by atoms with van der Waals surface area (Å²) in [6.07, 6.45) is 1.19. The van der Waals surface area contributed by atoms with Crippen LogP contribution in [-0.4, -0.2) is 27.4 Å². The summed E-state index contributed by atoms with van der Waals surface area (Å²) >= 11 is 13.6. The number of aromatic nitrogens is 2. The molecule has 4 rings (SSSR count). The molecule has 0 spiro atoms. The van der Waals surface area contributed by atoms with Gasteiger partial charge in [0.05, 0.1) is 34.6 Å².